The van der Waals surface area contributed by atoms with Crippen molar-refractivity contribution in [1.29, 1.82) is 0 Å². The Labute approximate surface area is 86.5 Å². The van der Waals surface area contributed by atoms with Crippen LogP contribution in [0.5, 0.6) is 0 Å². The van der Waals surface area contributed by atoms with Crippen molar-refractivity contribution >= 4 is 8.56 Å². The molecule has 0 spiro atoms. The maximum absolute atomic E-state index is 10.00. The van der Waals surface area contributed by atoms with E-state index in [1.807, 2.05) is 0 Å². The number of nitrogens with two attached hydrogens (primary N) is 2. The Morgan fingerprint density at radius 3 is 2.43 bits per heavy atom. The zero-order valence-corrected chi connectivity index (χ0v) is 9.65. The molecule has 5 heteroatoms. The van der Waals surface area contributed by atoms with Gasteiger partial charge in [-0.1, -0.05) is 12.8 Å². The van der Waals surface area contributed by atoms with Crippen molar-refractivity contribution in [3.8, 4) is 0 Å². The van der Waals surface area contributed by atoms with Crippen LogP contribution in [0.3, 0.4) is 0 Å². The van der Waals surface area contributed by atoms with Crippen LogP contribution in [0.4, 0.5) is 0 Å². The lowest BCUT2D eigenvalue weighted by atomic mass is 9.96. The van der Waals surface area contributed by atoms with Crippen LogP contribution in [0.1, 0.15) is 32.1 Å². The predicted octanol–water partition coefficient (Wildman–Crippen LogP) is 0.0335. The largest absolute Gasteiger partial charge is 0.410 e. The molecule has 0 saturated heterocycles. The third-order valence-corrected chi connectivity index (χ3v) is 6.16. The van der Waals surface area contributed by atoms with Gasteiger partial charge in [0.15, 0.2) is 0 Å². The fraction of sp³-hybridized carbons (Fsp3) is 1.00. The van der Waals surface area contributed by atoms with Gasteiger partial charge in [-0.05, 0) is 31.9 Å². The molecule has 84 valence electrons. The first-order valence-corrected chi connectivity index (χ1v) is 7.66. The standard InChI is InChI=1S/C9H22N2O2Si/c10-6-3-7-14(12,13)9-5-2-1-4-8(9)11/h8-9,12-13H,1-7,10-11H2. The smallest absolute Gasteiger partial charge is 0.337 e. The third kappa shape index (κ3) is 3.03. The van der Waals surface area contributed by atoms with E-state index in [9.17, 15) is 9.59 Å². The second-order valence-electron chi connectivity index (χ2n) is 4.33. The van der Waals surface area contributed by atoms with E-state index in [2.05, 4.69) is 0 Å². The number of hydrogen-bond donors (Lipinski definition) is 4. The van der Waals surface area contributed by atoms with E-state index >= 15 is 0 Å². The van der Waals surface area contributed by atoms with Gasteiger partial charge in [-0.2, -0.15) is 0 Å². The molecule has 0 radical (unpaired) electrons. The van der Waals surface area contributed by atoms with E-state index in [-0.39, 0.29) is 11.6 Å². The van der Waals surface area contributed by atoms with E-state index in [1.165, 1.54) is 0 Å². The van der Waals surface area contributed by atoms with Gasteiger partial charge in [0.2, 0.25) is 0 Å². The second-order valence-corrected chi connectivity index (χ2v) is 7.32. The summed E-state index contributed by atoms with van der Waals surface area (Å²) < 4.78 is 0. The van der Waals surface area contributed by atoms with Gasteiger partial charge in [-0.15, -0.1) is 0 Å². The van der Waals surface area contributed by atoms with Crippen molar-refractivity contribution in [3.05, 3.63) is 0 Å². The highest BCUT2D eigenvalue weighted by Crippen LogP contribution is 2.35. The summed E-state index contributed by atoms with van der Waals surface area (Å²) in [4.78, 5) is 20.0. The summed E-state index contributed by atoms with van der Waals surface area (Å²) in [7, 11) is -3.09. The van der Waals surface area contributed by atoms with Crippen LogP contribution in [-0.4, -0.2) is 30.7 Å². The molecule has 1 saturated carbocycles. The summed E-state index contributed by atoms with van der Waals surface area (Å²) in [5.74, 6) is 0. The summed E-state index contributed by atoms with van der Waals surface area (Å²) in [6.45, 7) is 0.526. The van der Waals surface area contributed by atoms with E-state index in [4.69, 9.17) is 11.5 Å². The van der Waals surface area contributed by atoms with E-state index in [0.29, 0.717) is 19.0 Å². The molecule has 0 amide bonds. The van der Waals surface area contributed by atoms with Crippen LogP contribution in [-0.2, 0) is 0 Å². The van der Waals surface area contributed by atoms with Gasteiger partial charge in [0.05, 0.1) is 0 Å². The minimum absolute atomic E-state index is 0.0109. The van der Waals surface area contributed by atoms with Gasteiger partial charge in [-0.25, -0.2) is 0 Å². The molecule has 0 aromatic heterocycles. The molecule has 6 N–H and O–H groups in total. The first-order chi connectivity index (χ1) is 6.58. The Bertz CT molecular complexity index is 178. The van der Waals surface area contributed by atoms with Crippen LogP contribution in [0.2, 0.25) is 11.6 Å². The fourth-order valence-corrected chi connectivity index (χ4v) is 4.90. The van der Waals surface area contributed by atoms with Gasteiger partial charge in [0.25, 0.3) is 0 Å². The molecule has 0 aliphatic heterocycles. The van der Waals surface area contributed by atoms with E-state index < -0.39 is 8.56 Å². The summed E-state index contributed by atoms with van der Waals surface area (Å²) in [6, 6.07) is 0.463. The van der Waals surface area contributed by atoms with E-state index in [1.54, 1.807) is 0 Å². The Morgan fingerprint density at radius 1 is 1.21 bits per heavy atom. The Kier molecular flexibility index (Phi) is 4.53. The second kappa shape index (κ2) is 5.23. The maximum atomic E-state index is 10.00. The summed E-state index contributed by atoms with van der Waals surface area (Å²) in [5, 5.41) is 0. The summed E-state index contributed by atoms with van der Waals surface area (Å²) in [5.41, 5.74) is 11.2. The Balaban J connectivity index is 2.50. The van der Waals surface area contributed by atoms with Crippen LogP contribution in [0.25, 0.3) is 0 Å². The first kappa shape index (κ1) is 12.1. The molecule has 2 unspecified atom stereocenters. The molecule has 0 aromatic carbocycles. The molecule has 4 nitrogen and oxygen atoms in total. The molecule has 1 aliphatic carbocycles. The van der Waals surface area contributed by atoms with Crippen LogP contribution < -0.4 is 11.5 Å². The Hall–Kier alpha value is 0.0569. The van der Waals surface area contributed by atoms with Gasteiger partial charge < -0.3 is 21.1 Å². The lowest BCUT2D eigenvalue weighted by Gasteiger charge is -2.35. The minimum atomic E-state index is -3.09. The lowest BCUT2D eigenvalue weighted by molar-refractivity contribution is 0.292. The normalized spacial score (nSPS) is 29.1. The highest BCUT2D eigenvalue weighted by atomic mass is 28.4. The average molecular weight is 218 g/mol. The van der Waals surface area contributed by atoms with Crippen molar-refractivity contribution in [2.24, 2.45) is 11.5 Å². The summed E-state index contributed by atoms with van der Waals surface area (Å²) in [6.07, 6.45) is 4.71. The molecule has 0 bridgehead atoms. The first-order valence-electron chi connectivity index (χ1n) is 5.48. The number of rotatable bonds is 4. The van der Waals surface area contributed by atoms with Crippen LogP contribution in [0, 0.1) is 0 Å². The molecule has 0 heterocycles. The zero-order valence-electron chi connectivity index (χ0n) is 8.65. The van der Waals surface area contributed by atoms with Crippen molar-refractivity contribution < 1.29 is 9.59 Å². The molecule has 2 atom stereocenters. The molecule has 0 aromatic rings. The highest BCUT2D eigenvalue weighted by Gasteiger charge is 2.43. The number of hydrogen-bond acceptors (Lipinski definition) is 4. The molecular formula is C9H22N2O2Si. The van der Waals surface area contributed by atoms with Crippen LogP contribution >= 0.6 is 0 Å². The average Bonchev–Trinajstić information content (AvgIpc) is 2.15. The van der Waals surface area contributed by atoms with Gasteiger partial charge in [-0.3, -0.25) is 0 Å². The van der Waals surface area contributed by atoms with Crippen molar-refractivity contribution in [2.45, 2.75) is 49.7 Å². The predicted molar refractivity (Wildman–Crippen MR) is 58.9 cm³/mol. The van der Waals surface area contributed by atoms with Gasteiger partial charge >= 0.3 is 8.56 Å². The molecule has 14 heavy (non-hydrogen) atoms. The maximum Gasteiger partial charge on any atom is 0.337 e. The molecular weight excluding hydrogens is 196 g/mol. The topological polar surface area (TPSA) is 92.5 Å². The van der Waals surface area contributed by atoms with E-state index in [0.717, 1.165) is 25.7 Å². The minimum Gasteiger partial charge on any atom is -0.410 e. The van der Waals surface area contributed by atoms with Gasteiger partial charge in [0.1, 0.15) is 0 Å². The van der Waals surface area contributed by atoms with Crippen molar-refractivity contribution in [1.82, 2.24) is 0 Å². The SMILES string of the molecule is NCCC[Si](O)(O)C1CCCCC1N. The third-order valence-electron chi connectivity index (χ3n) is 3.16. The quantitative estimate of drug-likeness (QED) is 0.501. The molecule has 1 aliphatic rings. The molecule has 1 rings (SSSR count). The van der Waals surface area contributed by atoms with Crippen LogP contribution in [0.15, 0.2) is 0 Å². The molecule has 1 fully saturated rings. The lowest BCUT2D eigenvalue weighted by Crippen LogP contribution is -2.49. The Morgan fingerprint density at radius 2 is 1.86 bits per heavy atom. The van der Waals surface area contributed by atoms with Crippen molar-refractivity contribution in [2.75, 3.05) is 6.54 Å². The monoisotopic (exact) mass is 218 g/mol. The van der Waals surface area contributed by atoms with Crippen molar-refractivity contribution in [3.63, 3.8) is 0 Å². The summed E-state index contributed by atoms with van der Waals surface area (Å²) >= 11 is 0. The van der Waals surface area contributed by atoms with Gasteiger partial charge in [0, 0.05) is 11.6 Å². The fourth-order valence-electron chi connectivity index (χ4n) is 2.28. The highest BCUT2D eigenvalue weighted by molar-refractivity contribution is 6.66. The zero-order chi connectivity index (χ0) is 10.6.